The molecule has 0 unspecified atom stereocenters. The maximum absolute atomic E-state index is 12.7. The molecule has 0 saturated carbocycles. The SMILES string of the molecule is CCOC(=O)C1=C(C(=O)OCC)N(c2ccc(Br)cc2)C(C)=C(C(C)=O)C1. The lowest BCUT2D eigenvalue weighted by Crippen LogP contribution is -2.35. The average molecular weight is 436 g/mol. The van der Waals surface area contributed by atoms with E-state index in [1.807, 2.05) is 12.1 Å². The lowest BCUT2D eigenvalue weighted by molar-refractivity contribution is -0.142. The van der Waals surface area contributed by atoms with E-state index in [1.54, 1.807) is 37.8 Å². The molecule has 0 aliphatic carbocycles. The first-order valence-corrected chi connectivity index (χ1v) is 9.44. The number of nitrogens with zero attached hydrogens (tertiary/aromatic N) is 1. The molecule has 1 heterocycles. The topological polar surface area (TPSA) is 72.9 Å². The Morgan fingerprint density at radius 1 is 1.00 bits per heavy atom. The van der Waals surface area contributed by atoms with Gasteiger partial charge in [-0.3, -0.25) is 4.79 Å². The zero-order chi connectivity index (χ0) is 20.1. The summed E-state index contributed by atoms with van der Waals surface area (Å²) in [5.41, 5.74) is 1.88. The zero-order valence-corrected chi connectivity index (χ0v) is 17.4. The van der Waals surface area contributed by atoms with Gasteiger partial charge in [0.15, 0.2) is 5.78 Å². The van der Waals surface area contributed by atoms with Gasteiger partial charge in [0, 0.05) is 27.9 Å². The van der Waals surface area contributed by atoms with Crippen LogP contribution in [0, 0.1) is 0 Å². The van der Waals surface area contributed by atoms with Gasteiger partial charge in [-0.05, 0) is 52.0 Å². The maximum atomic E-state index is 12.7. The molecule has 0 fully saturated rings. The Hall–Kier alpha value is -2.41. The molecule has 0 bridgehead atoms. The number of hydrogen-bond donors (Lipinski definition) is 0. The molecule has 144 valence electrons. The van der Waals surface area contributed by atoms with E-state index in [0.29, 0.717) is 17.0 Å². The molecule has 1 aliphatic heterocycles. The van der Waals surface area contributed by atoms with Gasteiger partial charge in [0.05, 0.1) is 18.8 Å². The standard InChI is InChI=1S/C20H22BrNO5/c1-5-26-19(24)17-11-16(13(4)23)12(3)22(18(17)20(25)27-6-2)15-9-7-14(21)8-10-15/h7-10H,5-6,11H2,1-4H3. The third kappa shape index (κ3) is 4.47. The fourth-order valence-electron chi connectivity index (χ4n) is 2.92. The number of esters is 2. The van der Waals surface area contributed by atoms with Crippen molar-refractivity contribution in [1.82, 2.24) is 0 Å². The Labute approximate surface area is 166 Å². The van der Waals surface area contributed by atoms with Gasteiger partial charge >= 0.3 is 11.9 Å². The van der Waals surface area contributed by atoms with Crippen molar-refractivity contribution in [3.8, 4) is 0 Å². The number of anilines is 1. The fraction of sp³-hybridized carbons (Fsp3) is 0.350. The zero-order valence-electron chi connectivity index (χ0n) is 15.8. The quantitative estimate of drug-likeness (QED) is 0.630. The van der Waals surface area contributed by atoms with Crippen LogP contribution in [0.3, 0.4) is 0 Å². The van der Waals surface area contributed by atoms with Crippen molar-refractivity contribution in [2.45, 2.75) is 34.1 Å². The van der Waals surface area contributed by atoms with E-state index in [2.05, 4.69) is 15.9 Å². The number of carbonyl (C=O) groups is 3. The van der Waals surface area contributed by atoms with Crippen LogP contribution >= 0.6 is 15.9 Å². The number of ether oxygens (including phenoxy) is 2. The van der Waals surface area contributed by atoms with Gasteiger partial charge in [-0.25, -0.2) is 9.59 Å². The van der Waals surface area contributed by atoms with Gasteiger partial charge in [-0.2, -0.15) is 0 Å². The molecule has 0 spiro atoms. The smallest absolute Gasteiger partial charge is 0.355 e. The van der Waals surface area contributed by atoms with Gasteiger partial charge in [0.25, 0.3) is 0 Å². The highest BCUT2D eigenvalue weighted by molar-refractivity contribution is 9.10. The molecule has 1 aliphatic rings. The molecule has 6 nitrogen and oxygen atoms in total. The van der Waals surface area contributed by atoms with Crippen molar-refractivity contribution < 1.29 is 23.9 Å². The number of Topliss-reactive ketones (excluding diaryl/α,β-unsaturated/α-hetero) is 1. The van der Waals surface area contributed by atoms with Crippen molar-refractivity contribution in [1.29, 1.82) is 0 Å². The summed E-state index contributed by atoms with van der Waals surface area (Å²) in [5, 5.41) is 0. The number of halogens is 1. The predicted molar refractivity (Wildman–Crippen MR) is 105 cm³/mol. The number of carbonyl (C=O) groups excluding carboxylic acids is 3. The Morgan fingerprint density at radius 2 is 1.56 bits per heavy atom. The molecule has 27 heavy (non-hydrogen) atoms. The van der Waals surface area contributed by atoms with Crippen LogP contribution in [-0.2, 0) is 23.9 Å². The van der Waals surface area contributed by atoms with Crippen LogP contribution in [0.4, 0.5) is 5.69 Å². The first kappa shape index (κ1) is 20.9. The molecular formula is C20H22BrNO5. The lowest BCUT2D eigenvalue weighted by Gasteiger charge is -2.34. The lowest BCUT2D eigenvalue weighted by atomic mass is 9.93. The summed E-state index contributed by atoms with van der Waals surface area (Å²) in [6.07, 6.45) is 0.0289. The molecule has 0 saturated heterocycles. The van der Waals surface area contributed by atoms with Crippen LogP contribution in [0.15, 0.2) is 51.3 Å². The van der Waals surface area contributed by atoms with Crippen LogP contribution in [-0.4, -0.2) is 30.9 Å². The van der Waals surface area contributed by atoms with E-state index >= 15 is 0 Å². The van der Waals surface area contributed by atoms with E-state index in [0.717, 1.165) is 4.47 Å². The van der Waals surface area contributed by atoms with E-state index < -0.39 is 11.9 Å². The third-order valence-corrected chi connectivity index (χ3v) is 4.66. The van der Waals surface area contributed by atoms with Gasteiger partial charge in [-0.1, -0.05) is 15.9 Å². The molecule has 2 rings (SSSR count). The number of allylic oxidation sites excluding steroid dienone is 2. The Morgan fingerprint density at radius 3 is 2.07 bits per heavy atom. The molecule has 0 aromatic heterocycles. The first-order chi connectivity index (χ1) is 12.8. The summed E-state index contributed by atoms with van der Waals surface area (Å²) < 4.78 is 11.2. The second-order valence-corrected chi connectivity index (χ2v) is 6.79. The third-order valence-electron chi connectivity index (χ3n) is 4.14. The predicted octanol–water partition coefficient (Wildman–Crippen LogP) is 3.90. The molecule has 1 aromatic carbocycles. The van der Waals surface area contributed by atoms with Crippen molar-refractivity contribution in [2.24, 2.45) is 0 Å². The number of rotatable bonds is 6. The maximum Gasteiger partial charge on any atom is 0.355 e. The van der Waals surface area contributed by atoms with Crippen LogP contribution in [0.25, 0.3) is 0 Å². The van der Waals surface area contributed by atoms with Gasteiger partial charge in [0.1, 0.15) is 5.70 Å². The molecule has 0 N–H and O–H groups in total. The molecule has 0 radical (unpaired) electrons. The summed E-state index contributed by atoms with van der Waals surface area (Å²) in [5.74, 6) is -1.43. The number of benzene rings is 1. The second kappa shape index (κ2) is 8.99. The summed E-state index contributed by atoms with van der Waals surface area (Å²) in [6.45, 7) is 6.89. The van der Waals surface area contributed by atoms with Crippen LogP contribution in [0.5, 0.6) is 0 Å². The first-order valence-electron chi connectivity index (χ1n) is 8.65. The Bertz CT molecular complexity index is 823. The summed E-state index contributed by atoms with van der Waals surface area (Å²) in [7, 11) is 0. The number of ketones is 1. The molecule has 0 atom stereocenters. The minimum absolute atomic E-state index is 0.0289. The second-order valence-electron chi connectivity index (χ2n) is 5.88. The Kier molecular flexibility index (Phi) is 6.96. The highest BCUT2D eigenvalue weighted by Crippen LogP contribution is 2.37. The normalized spacial score (nSPS) is 14.3. The minimum Gasteiger partial charge on any atom is -0.463 e. The highest BCUT2D eigenvalue weighted by Gasteiger charge is 2.36. The van der Waals surface area contributed by atoms with Crippen LogP contribution in [0.2, 0.25) is 0 Å². The summed E-state index contributed by atoms with van der Waals surface area (Å²) in [6, 6.07) is 7.21. The van der Waals surface area contributed by atoms with Gasteiger partial charge in [0.2, 0.25) is 0 Å². The van der Waals surface area contributed by atoms with E-state index in [-0.39, 0.29) is 36.7 Å². The van der Waals surface area contributed by atoms with Gasteiger partial charge in [-0.15, -0.1) is 0 Å². The monoisotopic (exact) mass is 435 g/mol. The summed E-state index contributed by atoms with van der Waals surface area (Å²) >= 11 is 3.38. The molecule has 0 amide bonds. The molecule has 7 heteroatoms. The molecule has 1 aromatic rings. The van der Waals surface area contributed by atoms with Crippen molar-refractivity contribution in [3.05, 3.63) is 51.3 Å². The van der Waals surface area contributed by atoms with Crippen LogP contribution < -0.4 is 4.90 Å². The van der Waals surface area contributed by atoms with Crippen molar-refractivity contribution >= 4 is 39.3 Å². The number of hydrogen-bond acceptors (Lipinski definition) is 6. The fourth-order valence-corrected chi connectivity index (χ4v) is 3.18. The van der Waals surface area contributed by atoms with Crippen LogP contribution in [0.1, 0.15) is 34.1 Å². The van der Waals surface area contributed by atoms with Gasteiger partial charge < -0.3 is 14.4 Å². The van der Waals surface area contributed by atoms with E-state index in [9.17, 15) is 14.4 Å². The van der Waals surface area contributed by atoms with E-state index in [4.69, 9.17) is 9.47 Å². The molecular weight excluding hydrogens is 414 g/mol. The van der Waals surface area contributed by atoms with E-state index in [1.165, 1.54) is 6.92 Å². The van der Waals surface area contributed by atoms with Crippen molar-refractivity contribution in [2.75, 3.05) is 18.1 Å². The van der Waals surface area contributed by atoms with Crippen molar-refractivity contribution in [3.63, 3.8) is 0 Å². The average Bonchev–Trinajstić information content (AvgIpc) is 2.62. The largest absolute Gasteiger partial charge is 0.463 e. The summed E-state index contributed by atoms with van der Waals surface area (Å²) in [4.78, 5) is 39.1. The highest BCUT2D eigenvalue weighted by atomic mass is 79.9. The Balaban J connectivity index is 2.73. The minimum atomic E-state index is -0.634.